The lowest BCUT2D eigenvalue weighted by atomic mass is 9.93. The number of carbonyl (C=O) groups is 1. The van der Waals surface area contributed by atoms with Gasteiger partial charge in [0.15, 0.2) is 5.96 Å². The van der Waals surface area contributed by atoms with Crippen LogP contribution in [0.4, 0.5) is 0 Å². The highest BCUT2D eigenvalue weighted by molar-refractivity contribution is 14.0. The number of nitrogens with zero attached hydrogens (tertiary/aromatic N) is 2. The van der Waals surface area contributed by atoms with E-state index in [1.165, 1.54) is 0 Å². The van der Waals surface area contributed by atoms with E-state index in [1.807, 2.05) is 16.7 Å². The fourth-order valence-corrected chi connectivity index (χ4v) is 2.15. The van der Waals surface area contributed by atoms with Gasteiger partial charge in [0.05, 0.1) is 12.0 Å². The largest absolute Gasteiger partial charge is 0.370 e. The minimum Gasteiger partial charge on any atom is -0.370 e. The zero-order valence-corrected chi connectivity index (χ0v) is 13.5. The number of rotatable bonds is 3. The smallest absolute Gasteiger partial charge is 0.224 e. The molecule has 17 heavy (non-hydrogen) atoms. The minimum absolute atomic E-state index is 0. The Morgan fingerprint density at radius 3 is 2.35 bits per heavy atom. The highest BCUT2D eigenvalue weighted by atomic mass is 127. The Bertz CT molecular complexity index is 290. The van der Waals surface area contributed by atoms with E-state index in [2.05, 4.69) is 4.99 Å². The average molecular weight is 372 g/mol. The third-order valence-corrected chi connectivity index (χ3v) is 3.58. The Morgan fingerprint density at radius 1 is 1.35 bits per heavy atom. The fraction of sp³-hybridized carbons (Fsp3) is 0.800. The molecule has 0 aromatic rings. The van der Waals surface area contributed by atoms with Crippen molar-refractivity contribution in [3.63, 3.8) is 0 Å². The van der Waals surface area contributed by atoms with Gasteiger partial charge < -0.3 is 16.4 Å². The molecule has 1 saturated heterocycles. The van der Waals surface area contributed by atoms with Gasteiger partial charge in [-0.05, 0) is 13.8 Å². The van der Waals surface area contributed by atoms with Crippen LogP contribution in [0.15, 0.2) is 4.99 Å². The van der Waals surface area contributed by atoms with Crippen LogP contribution in [0.1, 0.15) is 13.8 Å². The fourth-order valence-electron chi connectivity index (χ4n) is 1.25. The summed E-state index contributed by atoms with van der Waals surface area (Å²) in [5.41, 5.74) is 10.5. The van der Waals surface area contributed by atoms with Gasteiger partial charge in [-0.2, -0.15) is 11.8 Å². The van der Waals surface area contributed by atoms with E-state index < -0.39 is 5.41 Å². The van der Waals surface area contributed by atoms with E-state index in [0.29, 0.717) is 12.5 Å². The number of nitrogens with two attached hydrogens (primary N) is 2. The Hall–Kier alpha value is -0.180. The SMILES string of the molecule is CC(C)(CN=C(N)N1CCSCC1)C(N)=O.I. The van der Waals surface area contributed by atoms with E-state index in [9.17, 15) is 4.79 Å². The normalized spacial score (nSPS) is 17.5. The number of hydrogen-bond donors (Lipinski definition) is 2. The van der Waals surface area contributed by atoms with Gasteiger partial charge in [-0.3, -0.25) is 9.79 Å². The van der Waals surface area contributed by atoms with E-state index in [-0.39, 0.29) is 29.9 Å². The number of guanidine groups is 1. The van der Waals surface area contributed by atoms with Crippen LogP contribution >= 0.6 is 35.7 Å². The van der Waals surface area contributed by atoms with Crippen molar-refractivity contribution in [2.45, 2.75) is 13.8 Å². The summed E-state index contributed by atoms with van der Waals surface area (Å²) >= 11 is 1.92. The standard InChI is InChI=1S/C10H20N4OS.HI/c1-10(2,8(11)15)7-13-9(12)14-3-5-16-6-4-14;/h3-7H2,1-2H3,(H2,11,15)(H2,12,13);1H. The summed E-state index contributed by atoms with van der Waals surface area (Å²) in [6, 6.07) is 0. The Morgan fingerprint density at radius 2 is 1.88 bits per heavy atom. The molecule has 0 aromatic carbocycles. The van der Waals surface area contributed by atoms with Crippen LogP contribution < -0.4 is 11.5 Å². The van der Waals surface area contributed by atoms with Crippen LogP contribution in [0.5, 0.6) is 0 Å². The number of amides is 1. The molecule has 0 aromatic heterocycles. The second-order valence-electron chi connectivity index (χ2n) is 4.52. The molecule has 7 heteroatoms. The monoisotopic (exact) mass is 372 g/mol. The first-order chi connectivity index (χ1) is 7.43. The van der Waals surface area contributed by atoms with Crippen molar-refractivity contribution < 1.29 is 4.79 Å². The van der Waals surface area contributed by atoms with E-state index in [4.69, 9.17) is 11.5 Å². The molecule has 0 radical (unpaired) electrons. The molecule has 4 N–H and O–H groups in total. The van der Waals surface area contributed by atoms with Crippen molar-refractivity contribution in [1.29, 1.82) is 0 Å². The van der Waals surface area contributed by atoms with Gasteiger partial charge in [0.1, 0.15) is 0 Å². The van der Waals surface area contributed by atoms with Gasteiger partial charge in [-0.15, -0.1) is 24.0 Å². The molecule has 5 nitrogen and oxygen atoms in total. The summed E-state index contributed by atoms with van der Waals surface area (Å²) in [5.74, 6) is 2.33. The zero-order valence-electron chi connectivity index (χ0n) is 10.3. The predicted octanol–water partition coefficient (Wildman–Crippen LogP) is 0.479. The average Bonchev–Trinajstić information content (AvgIpc) is 2.27. The number of carbonyl (C=O) groups excluding carboxylic acids is 1. The summed E-state index contributed by atoms with van der Waals surface area (Å²) in [5, 5.41) is 0. The molecule has 1 aliphatic rings. The Kier molecular flexibility index (Phi) is 7.22. The molecule has 0 bridgehead atoms. The van der Waals surface area contributed by atoms with Gasteiger partial charge in [0, 0.05) is 24.6 Å². The summed E-state index contributed by atoms with van der Waals surface area (Å²) < 4.78 is 0. The number of thioether (sulfide) groups is 1. The van der Waals surface area contributed by atoms with Crippen LogP contribution in [0.2, 0.25) is 0 Å². The van der Waals surface area contributed by atoms with Gasteiger partial charge in [0.2, 0.25) is 5.91 Å². The maximum atomic E-state index is 11.1. The van der Waals surface area contributed by atoms with E-state index >= 15 is 0 Å². The zero-order chi connectivity index (χ0) is 12.2. The summed E-state index contributed by atoms with van der Waals surface area (Å²) in [7, 11) is 0. The van der Waals surface area contributed by atoms with Crippen LogP contribution in [-0.2, 0) is 4.79 Å². The minimum atomic E-state index is -0.630. The topological polar surface area (TPSA) is 84.7 Å². The third-order valence-electron chi connectivity index (χ3n) is 2.64. The lowest BCUT2D eigenvalue weighted by Gasteiger charge is -2.28. The van der Waals surface area contributed by atoms with Crippen molar-refractivity contribution >= 4 is 47.6 Å². The van der Waals surface area contributed by atoms with Crippen LogP contribution in [0, 0.1) is 5.41 Å². The highest BCUT2D eigenvalue weighted by Gasteiger charge is 2.25. The number of aliphatic imine (C=N–C) groups is 1. The predicted molar refractivity (Wildman–Crippen MR) is 83.8 cm³/mol. The Labute approximate surface area is 124 Å². The molecule has 100 valence electrons. The van der Waals surface area contributed by atoms with E-state index in [1.54, 1.807) is 13.8 Å². The van der Waals surface area contributed by atoms with Gasteiger partial charge >= 0.3 is 0 Å². The lowest BCUT2D eigenvalue weighted by Crippen LogP contribution is -2.43. The van der Waals surface area contributed by atoms with Crippen LogP contribution in [0.3, 0.4) is 0 Å². The van der Waals surface area contributed by atoms with Gasteiger partial charge in [-0.1, -0.05) is 0 Å². The van der Waals surface area contributed by atoms with Gasteiger partial charge in [0.25, 0.3) is 0 Å². The summed E-state index contributed by atoms with van der Waals surface area (Å²) in [4.78, 5) is 17.4. The van der Waals surface area contributed by atoms with Gasteiger partial charge in [-0.25, -0.2) is 0 Å². The lowest BCUT2D eigenvalue weighted by molar-refractivity contribution is -0.125. The second kappa shape index (κ2) is 7.30. The maximum Gasteiger partial charge on any atom is 0.224 e. The summed E-state index contributed by atoms with van der Waals surface area (Å²) in [6.07, 6.45) is 0. The number of hydrogen-bond acceptors (Lipinski definition) is 3. The van der Waals surface area contributed by atoms with Crippen molar-refractivity contribution in [2.75, 3.05) is 31.1 Å². The first-order valence-corrected chi connectivity index (χ1v) is 6.51. The maximum absolute atomic E-state index is 11.1. The highest BCUT2D eigenvalue weighted by Crippen LogP contribution is 2.15. The third kappa shape index (κ3) is 5.33. The molecular formula is C10H21IN4OS. The molecule has 1 heterocycles. The number of primary amides is 1. The quantitative estimate of drug-likeness (QED) is 0.429. The first-order valence-electron chi connectivity index (χ1n) is 5.36. The van der Waals surface area contributed by atoms with Crippen molar-refractivity contribution in [1.82, 2.24) is 4.90 Å². The molecule has 0 unspecified atom stereocenters. The molecule has 1 rings (SSSR count). The van der Waals surface area contributed by atoms with Crippen molar-refractivity contribution in [3.05, 3.63) is 0 Å². The first kappa shape index (κ1) is 16.8. The second-order valence-corrected chi connectivity index (χ2v) is 5.75. The molecule has 1 amide bonds. The molecule has 1 fully saturated rings. The molecule has 0 saturated carbocycles. The van der Waals surface area contributed by atoms with Crippen LogP contribution in [0.25, 0.3) is 0 Å². The number of halogens is 1. The molecular weight excluding hydrogens is 351 g/mol. The molecule has 0 aliphatic carbocycles. The van der Waals surface area contributed by atoms with E-state index in [0.717, 1.165) is 24.6 Å². The molecule has 0 atom stereocenters. The Balaban J connectivity index is 0.00000256. The van der Waals surface area contributed by atoms with Crippen molar-refractivity contribution in [3.8, 4) is 0 Å². The van der Waals surface area contributed by atoms with Crippen LogP contribution in [-0.4, -0.2) is 47.9 Å². The molecule has 0 spiro atoms. The molecule has 1 aliphatic heterocycles. The summed E-state index contributed by atoms with van der Waals surface area (Å²) in [6.45, 7) is 5.75. The van der Waals surface area contributed by atoms with Crippen molar-refractivity contribution in [2.24, 2.45) is 21.9 Å².